The molecule has 9 heteroatoms. The summed E-state index contributed by atoms with van der Waals surface area (Å²) in [6.07, 6.45) is -0.0270. The summed E-state index contributed by atoms with van der Waals surface area (Å²) in [7, 11) is 0. The average molecular weight is 426 g/mol. The van der Waals surface area contributed by atoms with Gasteiger partial charge in [-0.3, -0.25) is 19.2 Å². The van der Waals surface area contributed by atoms with E-state index in [1.807, 2.05) is 0 Å². The first kappa shape index (κ1) is 21.9. The summed E-state index contributed by atoms with van der Waals surface area (Å²) in [6, 6.07) is 12.8. The van der Waals surface area contributed by atoms with Crippen LogP contribution in [0.25, 0.3) is 0 Å². The van der Waals surface area contributed by atoms with Gasteiger partial charge in [0.15, 0.2) is 0 Å². The van der Waals surface area contributed by atoms with Crippen molar-refractivity contribution in [2.24, 2.45) is 0 Å². The van der Waals surface area contributed by atoms with Gasteiger partial charge >= 0.3 is 0 Å². The van der Waals surface area contributed by atoms with Crippen molar-refractivity contribution in [1.82, 2.24) is 10.6 Å². The van der Waals surface area contributed by atoms with Gasteiger partial charge in [0.2, 0.25) is 23.6 Å². The van der Waals surface area contributed by atoms with E-state index in [4.69, 9.17) is 0 Å². The molecule has 1 heterocycles. The minimum atomic E-state index is -0.402. The molecular formula is C22H23FN4O4. The Morgan fingerprint density at radius 2 is 1.71 bits per heavy atom. The molecule has 0 aromatic heterocycles. The molecule has 1 aliphatic heterocycles. The largest absolute Gasteiger partial charge is 0.354 e. The predicted octanol–water partition coefficient (Wildman–Crippen LogP) is 1.37. The molecule has 2 aromatic carbocycles. The Balaban J connectivity index is 1.36. The van der Waals surface area contributed by atoms with Crippen LogP contribution in [0.4, 0.5) is 15.8 Å². The van der Waals surface area contributed by atoms with Gasteiger partial charge in [-0.15, -0.1) is 0 Å². The Bertz CT molecular complexity index is 995. The van der Waals surface area contributed by atoms with Crippen LogP contribution in [0.1, 0.15) is 18.4 Å². The van der Waals surface area contributed by atoms with Gasteiger partial charge < -0.3 is 20.9 Å². The summed E-state index contributed by atoms with van der Waals surface area (Å²) in [4.78, 5) is 49.5. The second-order valence-corrected chi connectivity index (χ2v) is 7.05. The van der Waals surface area contributed by atoms with E-state index >= 15 is 0 Å². The van der Waals surface area contributed by atoms with Crippen molar-refractivity contribution < 1.29 is 23.6 Å². The Kier molecular flexibility index (Phi) is 7.31. The summed E-state index contributed by atoms with van der Waals surface area (Å²) in [5.74, 6) is -1.62. The number of rotatable bonds is 8. The van der Waals surface area contributed by atoms with E-state index in [-0.39, 0.29) is 62.5 Å². The molecule has 0 atom stereocenters. The molecule has 0 saturated carbocycles. The molecule has 0 saturated heterocycles. The third-order valence-corrected chi connectivity index (χ3v) is 4.66. The zero-order valence-electron chi connectivity index (χ0n) is 16.8. The lowest BCUT2D eigenvalue weighted by Gasteiger charge is -2.29. The minimum absolute atomic E-state index is 0.0314. The fourth-order valence-corrected chi connectivity index (χ4v) is 3.20. The molecule has 0 aliphatic carbocycles. The van der Waals surface area contributed by atoms with Gasteiger partial charge in [-0.2, -0.15) is 0 Å². The number of benzene rings is 2. The van der Waals surface area contributed by atoms with Gasteiger partial charge in [0.05, 0.1) is 17.8 Å². The zero-order chi connectivity index (χ0) is 22.2. The second-order valence-electron chi connectivity index (χ2n) is 7.05. The molecule has 1 aliphatic rings. The van der Waals surface area contributed by atoms with Gasteiger partial charge in [0.25, 0.3) is 0 Å². The third kappa shape index (κ3) is 6.36. The van der Waals surface area contributed by atoms with E-state index in [0.29, 0.717) is 16.9 Å². The van der Waals surface area contributed by atoms with E-state index in [9.17, 15) is 23.6 Å². The van der Waals surface area contributed by atoms with Crippen molar-refractivity contribution >= 4 is 35.0 Å². The van der Waals surface area contributed by atoms with Crippen LogP contribution in [0.2, 0.25) is 0 Å². The summed E-state index contributed by atoms with van der Waals surface area (Å²) >= 11 is 0. The van der Waals surface area contributed by atoms with Gasteiger partial charge in [-0.1, -0.05) is 24.3 Å². The lowest BCUT2D eigenvalue weighted by atomic mass is 10.1. The Hall–Kier alpha value is -3.75. The molecule has 2 aromatic rings. The Labute approximate surface area is 178 Å². The number of fused-ring (bicyclic) bond motifs is 1. The normalized spacial score (nSPS) is 12.5. The smallest absolute Gasteiger partial charge is 0.244 e. The number of hydrogen-bond acceptors (Lipinski definition) is 4. The highest BCUT2D eigenvalue weighted by atomic mass is 19.1. The van der Waals surface area contributed by atoms with Crippen molar-refractivity contribution in [1.29, 1.82) is 0 Å². The first-order valence-electron chi connectivity index (χ1n) is 9.89. The van der Waals surface area contributed by atoms with Crippen LogP contribution in [-0.2, 0) is 25.6 Å². The summed E-state index contributed by atoms with van der Waals surface area (Å²) < 4.78 is 13.1. The fourth-order valence-electron chi connectivity index (χ4n) is 3.20. The van der Waals surface area contributed by atoms with Crippen LogP contribution in [0, 0.1) is 5.82 Å². The Morgan fingerprint density at radius 1 is 0.968 bits per heavy atom. The Morgan fingerprint density at radius 3 is 2.48 bits per heavy atom. The van der Waals surface area contributed by atoms with Gasteiger partial charge in [-0.05, 0) is 29.8 Å². The van der Waals surface area contributed by atoms with Crippen LogP contribution < -0.4 is 20.9 Å². The molecule has 0 unspecified atom stereocenters. The topological polar surface area (TPSA) is 108 Å². The number of nitrogens with zero attached hydrogens (tertiary/aromatic N) is 1. The summed E-state index contributed by atoms with van der Waals surface area (Å²) in [5, 5.41) is 7.98. The summed E-state index contributed by atoms with van der Waals surface area (Å²) in [5.41, 5.74) is 1.73. The van der Waals surface area contributed by atoms with Gasteiger partial charge in [0.1, 0.15) is 12.4 Å². The van der Waals surface area contributed by atoms with E-state index in [0.717, 1.165) is 0 Å². The highest BCUT2D eigenvalue weighted by Gasteiger charge is 2.26. The number of carbonyl (C=O) groups excluding carboxylic acids is 4. The third-order valence-electron chi connectivity index (χ3n) is 4.66. The first-order chi connectivity index (χ1) is 14.9. The minimum Gasteiger partial charge on any atom is -0.354 e. The first-order valence-corrected chi connectivity index (χ1v) is 9.89. The maximum Gasteiger partial charge on any atom is 0.244 e. The molecule has 3 rings (SSSR count). The van der Waals surface area contributed by atoms with Crippen LogP contribution in [0.3, 0.4) is 0 Å². The number of para-hydroxylation sites is 2. The molecule has 0 spiro atoms. The number of halogens is 1. The molecule has 8 nitrogen and oxygen atoms in total. The van der Waals surface area contributed by atoms with Crippen molar-refractivity contribution in [2.75, 3.05) is 29.9 Å². The second kappa shape index (κ2) is 10.3. The number of amides is 4. The number of anilines is 2. The average Bonchev–Trinajstić information content (AvgIpc) is 2.74. The molecule has 0 bridgehead atoms. The maximum atomic E-state index is 13.1. The lowest BCUT2D eigenvalue weighted by Crippen LogP contribution is -2.42. The molecule has 4 amide bonds. The number of nitrogens with one attached hydrogen (secondary N) is 3. The molecule has 3 N–H and O–H groups in total. The van der Waals surface area contributed by atoms with Crippen LogP contribution >= 0.6 is 0 Å². The fraction of sp³-hybridized carbons (Fsp3) is 0.273. The van der Waals surface area contributed by atoms with Crippen LogP contribution in [0.15, 0.2) is 48.5 Å². The lowest BCUT2D eigenvalue weighted by molar-refractivity contribution is -0.126. The van der Waals surface area contributed by atoms with E-state index < -0.39 is 5.82 Å². The van der Waals surface area contributed by atoms with Gasteiger partial charge in [0, 0.05) is 25.9 Å². The summed E-state index contributed by atoms with van der Waals surface area (Å²) in [6.45, 7) is 0.333. The zero-order valence-corrected chi connectivity index (χ0v) is 16.8. The van der Waals surface area contributed by atoms with Crippen LogP contribution in [0.5, 0.6) is 0 Å². The molecule has 0 fully saturated rings. The highest BCUT2D eigenvalue weighted by molar-refractivity contribution is 6.10. The highest BCUT2D eigenvalue weighted by Crippen LogP contribution is 2.29. The van der Waals surface area contributed by atoms with E-state index in [1.54, 1.807) is 30.3 Å². The molecule has 31 heavy (non-hydrogen) atoms. The van der Waals surface area contributed by atoms with Crippen molar-refractivity contribution in [3.63, 3.8) is 0 Å². The number of carbonyl (C=O) groups is 4. The maximum absolute atomic E-state index is 13.1. The van der Waals surface area contributed by atoms with Crippen LogP contribution in [-0.4, -0.2) is 43.3 Å². The van der Waals surface area contributed by atoms with Crippen molar-refractivity contribution in [3.8, 4) is 0 Å². The predicted molar refractivity (Wildman–Crippen MR) is 113 cm³/mol. The van der Waals surface area contributed by atoms with Gasteiger partial charge in [-0.25, -0.2) is 4.39 Å². The van der Waals surface area contributed by atoms with Crippen molar-refractivity contribution in [3.05, 3.63) is 59.9 Å². The van der Waals surface area contributed by atoms with E-state index in [1.165, 1.54) is 23.1 Å². The monoisotopic (exact) mass is 426 g/mol. The van der Waals surface area contributed by atoms with Crippen molar-refractivity contribution in [2.45, 2.75) is 19.3 Å². The standard InChI is InChI=1S/C22H23FN4O4/c23-16-5-3-4-15(12-16)13-20(29)25-11-10-24-19(28)8-9-22(31)27-14-21(30)26-17-6-1-2-7-18(17)27/h1-7,12H,8-11,13-14H2,(H,24,28)(H,25,29)(H,26,30). The number of hydrogen-bond donors (Lipinski definition) is 3. The quantitative estimate of drug-likeness (QED) is 0.554. The SMILES string of the molecule is O=C(CCC(=O)N1CC(=O)Nc2ccccc21)NCCNC(=O)Cc1cccc(F)c1. The molecule has 162 valence electrons. The molecular weight excluding hydrogens is 403 g/mol. The van der Waals surface area contributed by atoms with E-state index in [2.05, 4.69) is 16.0 Å². The molecule has 0 radical (unpaired) electrons.